The van der Waals surface area contributed by atoms with Gasteiger partial charge in [0.1, 0.15) is 12.1 Å². The lowest BCUT2D eigenvalue weighted by atomic mass is 10.2. The van der Waals surface area contributed by atoms with Crippen LogP contribution in [0.2, 0.25) is 0 Å². The second-order valence-electron chi connectivity index (χ2n) is 6.08. The maximum absolute atomic E-state index is 12.3. The van der Waals surface area contributed by atoms with Gasteiger partial charge in [-0.15, -0.1) is 0 Å². The van der Waals surface area contributed by atoms with Gasteiger partial charge in [-0.1, -0.05) is 6.92 Å². The van der Waals surface area contributed by atoms with Crippen LogP contribution >= 0.6 is 0 Å². The molecule has 0 saturated heterocycles. The van der Waals surface area contributed by atoms with Gasteiger partial charge in [0.15, 0.2) is 17.1 Å². The summed E-state index contributed by atoms with van der Waals surface area (Å²) in [6, 6.07) is 5.13. The summed E-state index contributed by atoms with van der Waals surface area (Å²) in [5, 5.41) is 11.4. The number of hydrogen-bond donors (Lipinski definition) is 2. The number of carbonyl (C=O) groups is 1. The number of nitrogens with zero attached hydrogens (tertiary/aromatic N) is 4. The van der Waals surface area contributed by atoms with E-state index in [0.717, 1.165) is 29.8 Å². The van der Waals surface area contributed by atoms with Gasteiger partial charge in [0.25, 0.3) is 5.91 Å². The number of amides is 1. The predicted octanol–water partition coefficient (Wildman–Crippen LogP) is 1.81. The quantitative estimate of drug-likeness (QED) is 0.655. The Kier molecular flexibility index (Phi) is 4.73. The zero-order chi connectivity index (χ0) is 18.6. The highest BCUT2D eigenvalue weighted by Gasteiger charge is 2.16. The van der Waals surface area contributed by atoms with Crippen LogP contribution in [0.4, 0.5) is 5.82 Å². The van der Waals surface area contributed by atoms with Crippen molar-refractivity contribution in [3.05, 3.63) is 36.3 Å². The van der Waals surface area contributed by atoms with Crippen LogP contribution in [0.25, 0.3) is 11.0 Å². The molecule has 27 heavy (non-hydrogen) atoms. The van der Waals surface area contributed by atoms with E-state index in [2.05, 4.69) is 32.6 Å². The van der Waals surface area contributed by atoms with Crippen LogP contribution in [0.15, 0.2) is 30.7 Å². The van der Waals surface area contributed by atoms with Gasteiger partial charge in [-0.3, -0.25) is 4.79 Å². The van der Waals surface area contributed by atoms with Gasteiger partial charge in [-0.05, 0) is 24.6 Å². The lowest BCUT2D eigenvalue weighted by Gasteiger charge is -2.07. The zero-order valence-electron chi connectivity index (χ0n) is 14.9. The standard InChI is InChI=1S/C18H20N6O3/c1-2-5-19-16-13-9-23-24(17(13)22-10-21-16)7-6-20-18(25)12-3-4-14-15(8-12)27-11-26-14/h3-4,8-10H,2,5-7,11H2,1H3,(H,20,25)(H,19,21,22). The van der Waals surface area contributed by atoms with E-state index < -0.39 is 0 Å². The smallest absolute Gasteiger partial charge is 0.251 e. The van der Waals surface area contributed by atoms with Gasteiger partial charge >= 0.3 is 0 Å². The van der Waals surface area contributed by atoms with Crippen molar-refractivity contribution in [2.45, 2.75) is 19.9 Å². The maximum atomic E-state index is 12.3. The lowest BCUT2D eigenvalue weighted by molar-refractivity contribution is 0.0951. The molecule has 4 rings (SSSR count). The molecule has 1 amide bonds. The Labute approximate surface area is 155 Å². The van der Waals surface area contributed by atoms with E-state index >= 15 is 0 Å². The number of rotatable bonds is 7. The molecule has 9 heteroatoms. The number of anilines is 1. The molecule has 1 aliphatic heterocycles. The molecule has 0 saturated carbocycles. The fourth-order valence-corrected chi connectivity index (χ4v) is 2.86. The normalized spacial score (nSPS) is 12.3. The molecule has 1 aromatic carbocycles. The van der Waals surface area contributed by atoms with Crippen molar-refractivity contribution >= 4 is 22.8 Å². The monoisotopic (exact) mass is 368 g/mol. The molecular weight excluding hydrogens is 348 g/mol. The van der Waals surface area contributed by atoms with E-state index in [1.54, 1.807) is 29.1 Å². The molecule has 0 atom stereocenters. The molecule has 2 N–H and O–H groups in total. The van der Waals surface area contributed by atoms with E-state index in [9.17, 15) is 4.79 Å². The molecule has 0 fully saturated rings. The molecule has 0 unspecified atom stereocenters. The largest absolute Gasteiger partial charge is 0.454 e. The molecule has 1 aliphatic rings. The van der Waals surface area contributed by atoms with Crippen LogP contribution in [0, 0.1) is 0 Å². The summed E-state index contributed by atoms with van der Waals surface area (Å²) in [4.78, 5) is 20.9. The Morgan fingerprint density at radius 1 is 1.22 bits per heavy atom. The summed E-state index contributed by atoms with van der Waals surface area (Å²) >= 11 is 0. The van der Waals surface area contributed by atoms with Crippen LogP contribution in [-0.4, -0.2) is 45.5 Å². The molecule has 0 spiro atoms. The summed E-state index contributed by atoms with van der Waals surface area (Å²) in [6.07, 6.45) is 4.27. The minimum absolute atomic E-state index is 0.176. The maximum Gasteiger partial charge on any atom is 0.251 e. The van der Waals surface area contributed by atoms with Gasteiger partial charge in [0.2, 0.25) is 6.79 Å². The average molecular weight is 368 g/mol. The van der Waals surface area contributed by atoms with Crippen molar-refractivity contribution in [3.8, 4) is 11.5 Å². The van der Waals surface area contributed by atoms with E-state index in [1.807, 2.05) is 0 Å². The fourth-order valence-electron chi connectivity index (χ4n) is 2.86. The molecule has 2 aromatic heterocycles. The number of nitrogens with one attached hydrogen (secondary N) is 2. The number of ether oxygens (including phenoxy) is 2. The Morgan fingerprint density at radius 2 is 2.11 bits per heavy atom. The number of benzene rings is 1. The van der Waals surface area contributed by atoms with Crippen LogP contribution < -0.4 is 20.1 Å². The van der Waals surface area contributed by atoms with Crippen molar-refractivity contribution in [3.63, 3.8) is 0 Å². The highest BCUT2D eigenvalue weighted by Crippen LogP contribution is 2.32. The SMILES string of the molecule is CCCNc1ncnc2c1cnn2CCNC(=O)c1ccc2c(c1)OCO2. The third-order valence-electron chi connectivity index (χ3n) is 4.22. The minimum atomic E-state index is -0.176. The zero-order valence-corrected chi connectivity index (χ0v) is 14.9. The molecule has 0 radical (unpaired) electrons. The van der Waals surface area contributed by atoms with Gasteiger partial charge in [-0.2, -0.15) is 5.10 Å². The van der Waals surface area contributed by atoms with E-state index in [1.165, 1.54) is 6.33 Å². The van der Waals surface area contributed by atoms with Crippen LogP contribution in [0.1, 0.15) is 23.7 Å². The third kappa shape index (κ3) is 3.48. The van der Waals surface area contributed by atoms with Crippen molar-refractivity contribution in [2.75, 3.05) is 25.2 Å². The molecule has 0 bridgehead atoms. The van der Waals surface area contributed by atoms with Gasteiger partial charge < -0.3 is 20.1 Å². The second kappa shape index (κ2) is 7.48. The number of fused-ring (bicyclic) bond motifs is 2. The van der Waals surface area contributed by atoms with E-state index in [-0.39, 0.29) is 12.7 Å². The second-order valence-corrected chi connectivity index (χ2v) is 6.08. The molecule has 9 nitrogen and oxygen atoms in total. The predicted molar refractivity (Wildman–Crippen MR) is 99.0 cm³/mol. The first-order chi connectivity index (χ1) is 13.3. The Bertz CT molecular complexity index is 971. The highest BCUT2D eigenvalue weighted by atomic mass is 16.7. The Balaban J connectivity index is 1.39. The summed E-state index contributed by atoms with van der Waals surface area (Å²) in [5.41, 5.74) is 1.26. The summed E-state index contributed by atoms with van der Waals surface area (Å²) in [6.45, 7) is 4.04. The molecule has 140 valence electrons. The van der Waals surface area contributed by atoms with E-state index in [0.29, 0.717) is 30.2 Å². The molecular formula is C18H20N6O3. The van der Waals surface area contributed by atoms with E-state index in [4.69, 9.17) is 9.47 Å². The first-order valence-corrected chi connectivity index (χ1v) is 8.84. The third-order valence-corrected chi connectivity index (χ3v) is 4.22. The van der Waals surface area contributed by atoms with Crippen molar-refractivity contribution in [2.24, 2.45) is 0 Å². The fraction of sp³-hybridized carbons (Fsp3) is 0.333. The number of aromatic nitrogens is 4. The van der Waals surface area contributed by atoms with Crippen LogP contribution in [0.3, 0.4) is 0 Å². The molecule has 3 aromatic rings. The number of hydrogen-bond acceptors (Lipinski definition) is 7. The minimum Gasteiger partial charge on any atom is -0.454 e. The lowest BCUT2D eigenvalue weighted by Crippen LogP contribution is -2.27. The van der Waals surface area contributed by atoms with Crippen LogP contribution in [0.5, 0.6) is 11.5 Å². The van der Waals surface area contributed by atoms with Crippen molar-refractivity contribution < 1.29 is 14.3 Å². The molecule has 0 aliphatic carbocycles. The first-order valence-electron chi connectivity index (χ1n) is 8.84. The van der Waals surface area contributed by atoms with Crippen molar-refractivity contribution in [1.82, 2.24) is 25.1 Å². The summed E-state index contributed by atoms with van der Waals surface area (Å²) in [7, 11) is 0. The van der Waals surface area contributed by atoms with Crippen LogP contribution in [-0.2, 0) is 6.54 Å². The van der Waals surface area contributed by atoms with Gasteiger partial charge in [-0.25, -0.2) is 14.6 Å². The first kappa shape index (κ1) is 17.1. The topological polar surface area (TPSA) is 103 Å². The van der Waals surface area contributed by atoms with Crippen molar-refractivity contribution in [1.29, 1.82) is 0 Å². The average Bonchev–Trinajstić information content (AvgIpc) is 3.32. The summed E-state index contributed by atoms with van der Waals surface area (Å²) in [5.74, 6) is 1.84. The molecule has 3 heterocycles. The Hall–Kier alpha value is -3.36. The highest BCUT2D eigenvalue weighted by molar-refractivity contribution is 5.95. The van der Waals surface area contributed by atoms with Gasteiger partial charge in [0, 0.05) is 18.7 Å². The number of carbonyl (C=O) groups excluding carboxylic acids is 1. The summed E-state index contributed by atoms with van der Waals surface area (Å²) < 4.78 is 12.3. The Morgan fingerprint density at radius 3 is 3.00 bits per heavy atom. The van der Waals surface area contributed by atoms with Gasteiger partial charge in [0.05, 0.1) is 18.1 Å².